The molecule has 0 aliphatic rings. The fourth-order valence-electron chi connectivity index (χ4n) is 1.86. The minimum Gasteiger partial charge on any atom is -0.487 e. The molecule has 19 heavy (non-hydrogen) atoms. The first-order valence-electron chi connectivity index (χ1n) is 6.44. The van der Waals surface area contributed by atoms with Crippen LogP contribution in [0.15, 0.2) is 23.6 Å². The van der Waals surface area contributed by atoms with Gasteiger partial charge in [0.25, 0.3) is 0 Å². The van der Waals surface area contributed by atoms with Gasteiger partial charge in [0, 0.05) is 10.9 Å². The highest BCUT2D eigenvalue weighted by Crippen LogP contribution is 2.27. The Labute approximate surface area is 117 Å². The maximum atomic E-state index is 9.77. The van der Waals surface area contributed by atoms with Crippen LogP contribution in [0.5, 0.6) is 5.75 Å². The number of rotatable bonds is 5. The van der Waals surface area contributed by atoms with E-state index >= 15 is 0 Å². The van der Waals surface area contributed by atoms with Gasteiger partial charge in [0.05, 0.1) is 16.8 Å². The molecule has 2 aromatic rings. The van der Waals surface area contributed by atoms with Crippen molar-refractivity contribution in [3.8, 4) is 5.75 Å². The largest absolute Gasteiger partial charge is 0.487 e. The van der Waals surface area contributed by atoms with Crippen LogP contribution in [0.3, 0.4) is 0 Å². The summed E-state index contributed by atoms with van der Waals surface area (Å²) in [4.78, 5) is 4.47. The topological polar surface area (TPSA) is 42.4 Å². The standard InChI is InChI=1S/C15H19NO2S/c1-4-15-16-12(9-19-15)8-18-14-6-5-10(2)7-13(14)11(3)17/h5-7,9,11,17H,4,8H2,1-3H3. The molecule has 1 unspecified atom stereocenters. The Hall–Kier alpha value is -1.39. The van der Waals surface area contributed by atoms with E-state index in [9.17, 15) is 5.11 Å². The first-order valence-corrected chi connectivity index (χ1v) is 7.32. The van der Waals surface area contributed by atoms with Crippen molar-refractivity contribution in [2.24, 2.45) is 0 Å². The lowest BCUT2D eigenvalue weighted by molar-refractivity contribution is 0.189. The van der Waals surface area contributed by atoms with Crippen LogP contribution in [0, 0.1) is 6.92 Å². The lowest BCUT2D eigenvalue weighted by Crippen LogP contribution is -2.02. The van der Waals surface area contributed by atoms with E-state index in [-0.39, 0.29) is 0 Å². The summed E-state index contributed by atoms with van der Waals surface area (Å²) in [5.74, 6) is 0.728. The van der Waals surface area contributed by atoms with E-state index < -0.39 is 6.10 Å². The summed E-state index contributed by atoms with van der Waals surface area (Å²) in [7, 11) is 0. The van der Waals surface area contributed by atoms with Crippen LogP contribution in [0.4, 0.5) is 0 Å². The summed E-state index contributed by atoms with van der Waals surface area (Å²) >= 11 is 1.66. The Balaban J connectivity index is 2.10. The first kappa shape index (κ1) is 14.0. The number of thiazole rings is 1. The van der Waals surface area contributed by atoms with E-state index in [2.05, 4.69) is 11.9 Å². The number of aryl methyl sites for hydroxylation is 2. The Kier molecular flexibility index (Phi) is 4.56. The maximum Gasteiger partial charge on any atom is 0.131 e. The van der Waals surface area contributed by atoms with Gasteiger partial charge in [-0.15, -0.1) is 11.3 Å². The zero-order valence-corrected chi connectivity index (χ0v) is 12.3. The molecule has 1 N–H and O–H groups in total. The highest BCUT2D eigenvalue weighted by Gasteiger charge is 2.10. The van der Waals surface area contributed by atoms with Crippen molar-refractivity contribution in [3.63, 3.8) is 0 Å². The predicted octanol–water partition coefficient (Wildman–Crippen LogP) is 3.65. The molecule has 0 bridgehead atoms. The molecule has 2 rings (SSSR count). The molecule has 1 atom stereocenters. The third kappa shape index (κ3) is 3.55. The molecule has 0 aliphatic heterocycles. The van der Waals surface area contributed by atoms with E-state index in [1.807, 2.05) is 30.5 Å². The molecule has 3 nitrogen and oxygen atoms in total. The number of hydrogen-bond acceptors (Lipinski definition) is 4. The molecule has 4 heteroatoms. The average molecular weight is 277 g/mol. The molecule has 0 saturated carbocycles. The van der Waals surface area contributed by atoms with Crippen LogP contribution in [-0.2, 0) is 13.0 Å². The van der Waals surface area contributed by atoms with Crippen molar-refractivity contribution >= 4 is 11.3 Å². The summed E-state index contributed by atoms with van der Waals surface area (Å²) in [6.07, 6.45) is 0.422. The Morgan fingerprint density at radius 2 is 2.21 bits per heavy atom. The van der Waals surface area contributed by atoms with Crippen molar-refractivity contribution in [3.05, 3.63) is 45.4 Å². The minimum atomic E-state index is -0.531. The highest BCUT2D eigenvalue weighted by atomic mass is 32.1. The second-order valence-electron chi connectivity index (χ2n) is 4.59. The molecule has 0 amide bonds. The molecule has 0 radical (unpaired) electrons. The third-order valence-corrected chi connectivity index (χ3v) is 3.93. The fraction of sp³-hybridized carbons (Fsp3) is 0.400. The monoisotopic (exact) mass is 277 g/mol. The smallest absolute Gasteiger partial charge is 0.131 e. The fourth-order valence-corrected chi connectivity index (χ4v) is 2.58. The second-order valence-corrected chi connectivity index (χ2v) is 5.53. The predicted molar refractivity (Wildman–Crippen MR) is 77.6 cm³/mol. The Bertz CT molecular complexity index is 549. The molecule has 0 spiro atoms. The number of nitrogens with zero attached hydrogens (tertiary/aromatic N) is 1. The van der Waals surface area contributed by atoms with Crippen LogP contribution in [0.1, 0.15) is 41.8 Å². The van der Waals surface area contributed by atoms with E-state index in [1.165, 1.54) is 0 Å². The minimum absolute atomic E-state index is 0.444. The molecule has 1 aromatic heterocycles. The molecule has 0 aliphatic carbocycles. The van der Waals surface area contributed by atoms with Gasteiger partial charge in [0.15, 0.2) is 0 Å². The van der Waals surface area contributed by atoms with Gasteiger partial charge < -0.3 is 9.84 Å². The van der Waals surface area contributed by atoms with Crippen molar-refractivity contribution < 1.29 is 9.84 Å². The normalized spacial score (nSPS) is 12.4. The van der Waals surface area contributed by atoms with Gasteiger partial charge in [-0.2, -0.15) is 0 Å². The maximum absolute atomic E-state index is 9.77. The summed E-state index contributed by atoms with van der Waals surface area (Å²) in [5.41, 5.74) is 2.88. The van der Waals surface area contributed by atoms with Gasteiger partial charge in [-0.1, -0.05) is 18.6 Å². The van der Waals surface area contributed by atoms with Crippen molar-refractivity contribution in [2.75, 3.05) is 0 Å². The van der Waals surface area contributed by atoms with Crippen molar-refractivity contribution in [2.45, 2.75) is 39.9 Å². The average Bonchev–Trinajstić information content (AvgIpc) is 2.85. The van der Waals surface area contributed by atoms with Gasteiger partial charge in [-0.3, -0.25) is 0 Å². The molecule has 1 heterocycles. The summed E-state index contributed by atoms with van der Waals surface area (Å²) in [6, 6.07) is 5.85. The van der Waals surface area contributed by atoms with Crippen molar-refractivity contribution in [1.82, 2.24) is 4.98 Å². The number of ether oxygens (including phenoxy) is 1. The van der Waals surface area contributed by atoms with Crippen LogP contribution in [0.2, 0.25) is 0 Å². The lowest BCUT2D eigenvalue weighted by atomic mass is 10.1. The van der Waals surface area contributed by atoms with Crippen LogP contribution in [-0.4, -0.2) is 10.1 Å². The molecule has 102 valence electrons. The number of aliphatic hydroxyl groups excluding tert-OH is 1. The van der Waals surface area contributed by atoms with E-state index in [1.54, 1.807) is 18.3 Å². The van der Waals surface area contributed by atoms with E-state index in [4.69, 9.17) is 4.74 Å². The van der Waals surface area contributed by atoms with E-state index in [0.29, 0.717) is 6.61 Å². The van der Waals surface area contributed by atoms with Gasteiger partial charge >= 0.3 is 0 Å². The Morgan fingerprint density at radius 1 is 1.42 bits per heavy atom. The van der Waals surface area contributed by atoms with E-state index in [0.717, 1.165) is 34.0 Å². The van der Waals surface area contributed by atoms with Gasteiger partial charge in [0.2, 0.25) is 0 Å². The molecule has 0 fully saturated rings. The molecule has 1 aromatic carbocycles. The quantitative estimate of drug-likeness (QED) is 0.907. The summed E-state index contributed by atoms with van der Waals surface area (Å²) in [5, 5.41) is 12.9. The Morgan fingerprint density at radius 3 is 2.84 bits per heavy atom. The number of aliphatic hydroxyl groups is 1. The molecule has 0 saturated heterocycles. The highest BCUT2D eigenvalue weighted by molar-refractivity contribution is 7.09. The van der Waals surface area contributed by atoms with Gasteiger partial charge in [0.1, 0.15) is 12.4 Å². The van der Waals surface area contributed by atoms with Crippen LogP contribution < -0.4 is 4.74 Å². The van der Waals surface area contributed by atoms with Crippen molar-refractivity contribution in [1.29, 1.82) is 0 Å². The van der Waals surface area contributed by atoms with Crippen LogP contribution >= 0.6 is 11.3 Å². The second kappa shape index (κ2) is 6.17. The lowest BCUT2D eigenvalue weighted by Gasteiger charge is -2.13. The summed E-state index contributed by atoms with van der Waals surface area (Å²) in [6.45, 7) is 6.29. The third-order valence-electron chi connectivity index (χ3n) is 2.89. The van der Waals surface area contributed by atoms with Gasteiger partial charge in [-0.25, -0.2) is 4.98 Å². The molecular formula is C15H19NO2S. The summed E-state index contributed by atoms with van der Waals surface area (Å²) < 4.78 is 5.78. The van der Waals surface area contributed by atoms with Crippen LogP contribution in [0.25, 0.3) is 0 Å². The SMILES string of the molecule is CCc1nc(COc2ccc(C)cc2C(C)O)cs1. The first-order chi connectivity index (χ1) is 9.10. The number of aromatic nitrogens is 1. The zero-order valence-electron chi connectivity index (χ0n) is 11.5. The number of hydrogen-bond donors (Lipinski definition) is 1. The zero-order chi connectivity index (χ0) is 13.8. The number of benzene rings is 1. The molecular weight excluding hydrogens is 258 g/mol. The van der Waals surface area contributed by atoms with Gasteiger partial charge in [-0.05, 0) is 32.4 Å².